The summed E-state index contributed by atoms with van der Waals surface area (Å²) in [4.78, 5) is 0. The second-order valence-electron chi connectivity index (χ2n) is 2.91. The van der Waals surface area contributed by atoms with Gasteiger partial charge in [0, 0.05) is 6.04 Å². The molecule has 0 saturated heterocycles. The number of nitrogens with two attached hydrogens (primary N) is 2. The molecule has 0 radical (unpaired) electrons. The van der Waals surface area contributed by atoms with Gasteiger partial charge in [0.15, 0.2) is 0 Å². The van der Waals surface area contributed by atoms with E-state index in [2.05, 4.69) is 0 Å². The van der Waals surface area contributed by atoms with Crippen LogP contribution in [0.25, 0.3) is 0 Å². The van der Waals surface area contributed by atoms with Crippen molar-refractivity contribution >= 4 is 5.69 Å². The van der Waals surface area contributed by atoms with Crippen LogP contribution in [0.3, 0.4) is 0 Å². The van der Waals surface area contributed by atoms with Gasteiger partial charge < -0.3 is 11.5 Å². The van der Waals surface area contributed by atoms with Crippen molar-refractivity contribution in [1.29, 1.82) is 0 Å². The molecule has 0 spiro atoms. The van der Waals surface area contributed by atoms with Gasteiger partial charge >= 0.3 is 0 Å². The van der Waals surface area contributed by atoms with E-state index in [-0.39, 0.29) is 6.04 Å². The zero-order chi connectivity index (χ0) is 10.0. The molecule has 0 amide bonds. The average Bonchev–Trinajstić information content (AvgIpc) is 2.12. The molecule has 4 heteroatoms. The first-order valence-electron chi connectivity index (χ1n) is 4.06. The van der Waals surface area contributed by atoms with E-state index in [1.54, 1.807) is 0 Å². The van der Waals surface area contributed by atoms with E-state index < -0.39 is 17.3 Å². The first kappa shape index (κ1) is 9.92. The minimum Gasteiger partial charge on any atom is -0.394 e. The van der Waals surface area contributed by atoms with Crippen molar-refractivity contribution in [2.75, 3.05) is 5.73 Å². The molecule has 0 aliphatic carbocycles. The average molecular weight is 186 g/mol. The van der Waals surface area contributed by atoms with Crippen LogP contribution < -0.4 is 11.5 Å². The van der Waals surface area contributed by atoms with E-state index in [1.807, 2.05) is 6.92 Å². The van der Waals surface area contributed by atoms with Crippen LogP contribution in [0.15, 0.2) is 12.1 Å². The molecule has 0 aromatic heterocycles. The van der Waals surface area contributed by atoms with Crippen LogP contribution in [-0.4, -0.2) is 0 Å². The van der Waals surface area contributed by atoms with Gasteiger partial charge in [-0.1, -0.05) is 6.92 Å². The lowest BCUT2D eigenvalue weighted by atomic mass is 10.0. The van der Waals surface area contributed by atoms with Crippen LogP contribution >= 0.6 is 0 Å². The fourth-order valence-corrected chi connectivity index (χ4v) is 1.05. The highest BCUT2D eigenvalue weighted by Gasteiger charge is 2.11. The van der Waals surface area contributed by atoms with Crippen LogP contribution in [0.5, 0.6) is 0 Å². The Bertz CT molecular complexity index is 289. The van der Waals surface area contributed by atoms with Gasteiger partial charge in [-0.3, -0.25) is 0 Å². The van der Waals surface area contributed by atoms with Gasteiger partial charge in [-0.15, -0.1) is 0 Å². The number of nitrogen functional groups attached to an aromatic ring is 1. The van der Waals surface area contributed by atoms with Gasteiger partial charge in [-0.25, -0.2) is 8.78 Å². The van der Waals surface area contributed by atoms with Crippen LogP contribution in [-0.2, 0) is 0 Å². The number of anilines is 1. The molecule has 0 aliphatic heterocycles. The maximum atomic E-state index is 12.9. The molecule has 1 aromatic rings. The Morgan fingerprint density at radius 3 is 2.15 bits per heavy atom. The quantitative estimate of drug-likeness (QED) is 0.693. The summed E-state index contributed by atoms with van der Waals surface area (Å²) < 4.78 is 25.8. The summed E-state index contributed by atoms with van der Waals surface area (Å²) in [7, 11) is 0. The Morgan fingerprint density at radius 1 is 1.31 bits per heavy atom. The highest BCUT2D eigenvalue weighted by Crippen LogP contribution is 2.21. The van der Waals surface area contributed by atoms with Gasteiger partial charge in [0.1, 0.15) is 17.3 Å². The van der Waals surface area contributed by atoms with Gasteiger partial charge in [0.2, 0.25) is 0 Å². The van der Waals surface area contributed by atoms with Crippen molar-refractivity contribution in [3.8, 4) is 0 Å². The van der Waals surface area contributed by atoms with E-state index in [9.17, 15) is 8.78 Å². The van der Waals surface area contributed by atoms with Crippen molar-refractivity contribution in [2.45, 2.75) is 19.4 Å². The standard InChI is InChI=1S/C9H12F2N2/c1-2-8(12)5-3-6(10)9(13)7(11)4-5/h3-4,8H,2,12-13H2,1H3/t8-/m0/s1. The fourth-order valence-electron chi connectivity index (χ4n) is 1.05. The number of hydrogen-bond donors (Lipinski definition) is 2. The Kier molecular flexibility index (Phi) is 2.83. The largest absolute Gasteiger partial charge is 0.394 e. The number of hydrogen-bond acceptors (Lipinski definition) is 2. The molecule has 72 valence electrons. The van der Waals surface area contributed by atoms with Crippen molar-refractivity contribution < 1.29 is 8.78 Å². The van der Waals surface area contributed by atoms with Gasteiger partial charge in [-0.2, -0.15) is 0 Å². The molecule has 0 unspecified atom stereocenters. The minimum atomic E-state index is -0.751. The van der Waals surface area contributed by atoms with Crippen LogP contribution in [0.2, 0.25) is 0 Å². The van der Waals surface area contributed by atoms with Gasteiger partial charge in [-0.05, 0) is 24.1 Å². The van der Waals surface area contributed by atoms with E-state index >= 15 is 0 Å². The smallest absolute Gasteiger partial charge is 0.149 e. The predicted molar refractivity (Wildman–Crippen MR) is 48.0 cm³/mol. The fraction of sp³-hybridized carbons (Fsp3) is 0.333. The predicted octanol–water partition coefficient (Wildman–Crippen LogP) is 1.96. The van der Waals surface area contributed by atoms with E-state index in [1.165, 1.54) is 12.1 Å². The van der Waals surface area contributed by atoms with E-state index in [0.29, 0.717) is 12.0 Å². The Labute approximate surface area is 75.5 Å². The number of halogens is 2. The summed E-state index contributed by atoms with van der Waals surface area (Å²) in [6, 6.07) is 2.00. The zero-order valence-corrected chi connectivity index (χ0v) is 7.35. The lowest BCUT2D eigenvalue weighted by molar-refractivity contribution is 0.579. The topological polar surface area (TPSA) is 52.0 Å². The molecule has 4 N–H and O–H groups in total. The summed E-state index contributed by atoms with van der Waals surface area (Å²) in [6.07, 6.45) is 0.628. The van der Waals surface area contributed by atoms with E-state index in [4.69, 9.17) is 11.5 Å². The molecular formula is C9H12F2N2. The molecule has 0 heterocycles. The highest BCUT2D eigenvalue weighted by atomic mass is 19.1. The summed E-state index contributed by atoms with van der Waals surface area (Å²) >= 11 is 0. The van der Waals surface area contributed by atoms with Crippen LogP contribution in [0, 0.1) is 11.6 Å². The SMILES string of the molecule is CC[C@H](N)c1cc(F)c(N)c(F)c1. The zero-order valence-electron chi connectivity index (χ0n) is 7.35. The molecule has 2 nitrogen and oxygen atoms in total. The summed E-state index contributed by atoms with van der Waals surface area (Å²) in [6.45, 7) is 1.84. The second kappa shape index (κ2) is 3.70. The first-order valence-corrected chi connectivity index (χ1v) is 4.06. The third-order valence-electron chi connectivity index (χ3n) is 1.97. The molecule has 1 rings (SSSR count). The third-order valence-corrected chi connectivity index (χ3v) is 1.97. The van der Waals surface area contributed by atoms with E-state index in [0.717, 1.165) is 0 Å². The lowest BCUT2D eigenvalue weighted by Gasteiger charge is -2.10. The summed E-state index contributed by atoms with van der Waals surface area (Å²) in [5, 5.41) is 0. The summed E-state index contributed by atoms with van der Waals surface area (Å²) in [5.41, 5.74) is 10.7. The first-order chi connectivity index (χ1) is 6.06. The third kappa shape index (κ3) is 1.95. The second-order valence-corrected chi connectivity index (χ2v) is 2.91. The van der Waals surface area contributed by atoms with Crippen molar-refractivity contribution in [1.82, 2.24) is 0 Å². The minimum absolute atomic E-state index is 0.343. The molecule has 0 saturated carbocycles. The Hall–Kier alpha value is -1.16. The molecule has 0 bridgehead atoms. The molecule has 1 aromatic carbocycles. The molecule has 1 atom stereocenters. The van der Waals surface area contributed by atoms with Gasteiger partial charge in [0.25, 0.3) is 0 Å². The Balaban J connectivity index is 3.13. The lowest BCUT2D eigenvalue weighted by Crippen LogP contribution is -2.10. The van der Waals surface area contributed by atoms with Gasteiger partial charge in [0.05, 0.1) is 0 Å². The van der Waals surface area contributed by atoms with Crippen molar-refractivity contribution in [3.63, 3.8) is 0 Å². The number of benzene rings is 1. The highest BCUT2D eigenvalue weighted by molar-refractivity contribution is 5.43. The van der Waals surface area contributed by atoms with Crippen LogP contribution in [0.1, 0.15) is 24.9 Å². The molecule has 13 heavy (non-hydrogen) atoms. The van der Waals surface area contributed by atoms with Crippen LogP contribution in [0.4, 0.5) is 14.5 Å². The van der Waals surface area contributed by atoms with Crippen molar-refractivity contribution in [3.05, 3.63) is 29.3 Å². The number of rotatable bonds is 2. The monoisotopic (exact) mass is 186 g/mol. The van der Waals surface area contributed by atoms with Crippen molar-refractivity contribution in [2.24, 2.45) is 5.73 Å². The maximum absolute atomic E-state index is 12.9. The normalized spacial score (nSPS) is 12.9. The maximum Gasteiger partial charge on any atom is 0.149 e. The molecular weight excluding hydrogens is 174 g/mol. The Morgan fingerprint density at radius 2 is 1.77 bits per heavy atom. The molecule has 0 fully saturated rings. The molecule has 0 aliphatic rings. The summed E-state index contributed by atoms with van der Waals surface area (Å²) in [5.74, 6) is -1.50.